The molecule has 0 radical (unpaired) electrons. The van der Waals surface area contributed by atoms with E-state index in [2.05, 4.69) is 5.32 Å². The lowest BCUT2D eigenvalue weighted by Gasteiger charge is -2.14. The number of carbonyl (C=O) groups is 1. The van der Waals surface area contributed by atoms with E-state index in [1.165, 1.54) is 0 Å². The molecule has 0 fully saturated rings. The van der Waals surface area contributed by atoms with E-state index in [9.17, 15) is 18.0 Å². The maximum absolute atomic E-state index is 12.9. The molecule has 2 nitrogen and oxygen atoms in total. The third-order valence-electron chi connectivity index (χ3n) is 2.57. The minimum Gasteiger partial charge on any atom is -0.349 e. The first-order valence-corrected chi connectivity index (χ1v) is 5.45. The van der Waals surface area contributed by atoms with Crippen LogP contribution in [-0.2, 0) is 0 Å². The molecule has 0 aliphatic heterocycles. The average molecular weight is 245 g/mol. The summed E-state index contributed by atoms with van der Waals surface area (Å²) in [6.07, 6.45) is 1.43. The van der Waals surface area contributed by atoms with Gasteiger partial charge in [-0.25, -0.2) is 13.2 Å². The number of amides is 1. The Labute approximate surface area is 97.8 Å². The van der Waals surface area contributed by atoms with Crippen LogP contribution in [0, 0.1) is 17.5 Å². The lowest BCUT2D eigenvalue weighted by atomic mass is 10.1. The van der Waals surface area contributed by atoms with Gasteiger partial charge in [0.1, 0.15) is 0 Å². The first-order valence-electron chi connectivity index (χ1n) is 5.45. The number of hydrogen-bond acceptors (Lipinski definition) is 1. The molecule has 0 unspecified atom stereocenters. The van der Waals surface area contributed by atoms with Crippen molar-refractivity contribution in [3.8, 4) is 0 Å². The number of carbonyl (C=O) groups excluding carboxylic acids is 1. The Kier molecular flexibility index (Phi) is 4.54. The zero-order valence-electron chi connectivity index (χ0n) is 9.69. The molecule has 0 bridgehead atoms. The molecule has 1 N–H and O–H groups in total. The predicted molar refractivity (Wildman–Crippen MR) is 58.2 cm³/mol. The average Bonchev–Trinajstić information content (AvgIpc) is 2.31. The summed E-state index contributed by atoms with van der Waals surface area (Å²) >= 11 is 0. The molecule has 0 aliphatic rings. The second-order valence-electron chi connectivity index (χ2n) is 3.74. The van der Waals surface area contributed by atoms with Crippen molar-refractivity contribution in [3.63, 3.8) is 0 Å². The van der Waals surface area contributed by atoms with Gasteiger partial charge in [0, 0.05) is 11.6 Å². The fourth-order valence-electron chi connectivity index (χ4n) is 1.45. The Morgan fingerprint density at radius 3 is 2.06 bits per heavy atom. The summed E-state index contributed by atoms with van der Waals surface area (Å²) in [5.41, 5.74) is -0.215. The van der Waals surface area contributed by atoms with E-state index in [0.29, 0.717) is 25.0 Å². The highest BCUT2D eigenvalue weighted by molar-refractivity contribution is 5.94. The van der Waals surface area contributed by atoms with Crippen LogP contribution in [0.3, 0.4) is 0 Å². The predicted octanol–water partition coefficient (Wildman–Crippen LogP) is 3.02. The zero-order valence-corrected chi connectivity index (χ0v) is 9.69. The van der Waals surface area contributed by atoms with Crippen molar-refractivity contribution < 1.29 is 18.0 Å². The highest BCUT2D eigenvalue weighted by atomic mass is 19.2. The Bertz CT molecular complexity index is 393. The van der Waals surface area contributed by atoms with E-state index >= 15 is 0 Å². The van der Waals surface area contributed by atoms with Gasteiger partial charge in [-0.05, 0) is 25.0 Å². The molecular weight excluding hydrogens is 231 g/mol. The molecular formula is C12H14F3NO. The van der Waals surface area contributed by atoms with Gasteiger partial charge in [0.25, 0.3) is 5.91 Å². The van der Waals surface area contributed by atoms with Crippen molar-refractivity contribution in [2.24, 2.45) is 0 Å². The first kappa shape index (κ1) is 13.5. The lowest BCUT2D eigenvalue weighted by Crippen LogP contribution is -2.34. The summed E-state index contributed by atoms with van der Waals surface area (Å²) in [4.78, 5) is 11.6. The van der Waals surface area contributed by atoms with E-state index in [1.807, 2.05) is 13.8 Å². The maximum Gasteiger partial charge on any atom is 0.251 e. The third-order valence-corrected chi connectivity index (χ3v) is 2.57. The van der Waals surface area contributed by atoms with E-state index in [1.54, 1.807) is 0 Å². The normalized spacial score (nSPS) is 10.7. The summed E-state index contributed by atoms with van der Waals surface area (Å²) in [5, 5.41) is 2.61. The van der Waals surface area contributed by atoms with Crippen LogP contribution >= 0.6 is 0 Å². The van der Waals surface area contributed by atoms with E-state index in [-0.39, 0.29) is 11.6 Å². The minimum absolute atomic E-state index is 0.0568. The molecule has 0 saturated carbocycles. The lowest BCUT2D eigenvalue weighted by molar-refractivity contribution is 0.0933. The molecule has 0 spiro atoms. The quantitative estimate of drug-likeness (QED) is 0.812. The van der Waals surface area contributed by atoms with Crippen molar-refractivity contribution in [2.75, 3.05) is 0 Å². The van der Waals surface area contributed by atoms with Crippen LogP contribution in [0.2, 0.25) is 0 Å². The number of halogens is 3. The minimum atomic E-state index is -1.57. The van der Waals surface area contributed by atoms with E-state index in [4.69, 9.17) is 0 Å². The van der Waals surface area contributed by atoms with Gasteiger partial charge in [-0.2, -0.15) is 0 Å². The van der Waals surface area contributed by atoms with Crippen LogP contribution < -0.4 is 5.32 Å². The Morgan fingerprint density at radius 2 is 1.65 bits per heavy atom. The molecule has 94 valence electrons. The second kappa shape index (κ2) is 5.70. The SMILES string of the molecule is CCC(CC)NC(=O)c1cc(F)c(F)c(F)c1. The van der Waals surface area contributed by atoms with Gasteiger partial charge in [0.15, 0.2) is 17.5 Å². The number of benzene rings is 1. The number of rotatable bonds is 4. The maximum atomic E-state index is 12.9. The molecule has 0 saturated heterocycles. The number of nitrogens with one attached hydrogen (secondary N) is 1. The van der Waals surface area contributed by atoms with Crippen LogP contribution in [0.5, 0.6) is 0 Å². The van der Waals surface area contributed by atoms with Crippen LogP contribution in [-0.4, -0.2) is 11.9 Å². The summed E-state index contributed by atoms with van der Waals surface area (Å²) in [6, 6.07) is 1.32. The largest absolute Gasteiger partial charge is 0.349 e. The van der Waals surface area contributed by atoms with Crippen LogP contribution in [0.15, 0.2) is 12.1 Å². The molecule has 0 aromatic heterocycles. The smallest absolute Gasteiger partial charge is 0.251 e. The number of hydrogen-bond donors (Lipinski definition) is 1. The fourth-order valence-corrected chi connectivity index (χ4v) is 1.45. The second-order valence-corrected chi connectivity index (χ2v) is 3.74. The zero-order chi connectivity index (χ0) is 13.0. The van der Waals surface area contributed by atoms with Gasteiger partial charge >= 0.3 is 0 Å². The highest BCUT2D eigenvalue weighted by Gasteiger charge is 2.16. The van der Waals surface area contributed by atoms with Crippen molar-refractivity contribution in [2.45, 2.75) is 32.7 Å². The summed E-state index contributed by atoms with van der Waals surface area (Å²) in [6.45, 7) is 3.78. The standard InChI is InChI=1S/C12H14F3NO/c1-3-8(4-2)16-12(17)7-5-9(13)11(15)10(14)6-7/h5-6,8H,3-4H2,1-2H3,(H,16,17). The van der Waals surface area contributed by atoms with Gasteiger partial charge in [0.05, 0.1) is 0 Å². The molecule has 0 atom stereocenters. The van der Waals surface area contributed by atoms with E-state index < -0.39 is 23.4 Å². The van der Waals surface area contributed by atoms with Crippen LogP contribution in [0.25, 0.3) is 0 Å². The Hall–Kier alpha value is -1.52. The van der Waals surface area contributed by atoms with Crippen molar-refractivity contribution in [1.29, 1.82) is 0 Å². The summed E-state index contributed by atoms with van der Waals surface area (Å²) < 4.78 is 38.5. The molecule has 1 amide bonds. The first-order chi connectivity index (χ1) is 7.99. The molecule has 1 rings (SSSR count). The Morgan fingerprint density at radius 1 is 1.18 bits per heavy atom. The van der Waals surface area contributed by atoms with Crippen LogP contribution in [0.1, 0.15) is 37.0 Å². The summed E-state index contributed by atoms with van der Waals surface area (Å²) in [7, 11) is 0. The molecule has 0 heterocycles. The molecule has 1 aromatic carbocycles. The molecule has 0 aliphatic carbocycles. The van der Waals surface area contributed by atoms with E-state index in [0.717, 1.165) is 0 Å². The topological polar surface area (TPSA) is 29.1 Å². The van der Waals surface area contributed by atoms with Gasteiger partial charge in [-0.1, -0.05) is 13.8 Å². The molecule has 5 heteroatoms. The fraction of sp³-hybridized carbons (Fsp3) is 0.417. The molecule has 17 heavy (non-hydrogen) atoms. The van der Waals surface area contributed by atoms with Gasteiger partial charge in [0.2, 0.25) is 0 Å². The molecule has 1 aromatic rings. The summed E-state index contributed by atoms with van der Waals surface area (Å²) in [5.74, 6) is -4.89. The van der Waals surface area contributed by atoms with Crippen molar-refractivity contribution >= 4 is 5.91 Å². The highest BCUT2D eigenvalue weighted by Crippen LogP contribution is 2.14. The van der Waals surface area contributed by atoms with Gasteiger partial charge in [-0.3, -0.25) is 4.79 Å². The monoisotopic (exact) mass is 245 g/mol. The van der Waals surface area contributed by atoms with Crippen LogP contribution in [0.4, 0.5) is 13.2 Å². The van der Waals surface area contributed by atoms with Crippen molar-refractivity contribution in [1.82, 2.24) is 5.32 Å². The third kappa shape index (κ3) is 3.22. The Balaban J connectivity index is 2.90. The van der Waals surface area contributed by atoms with Gasteiger partial charge in [-0.15, -0.1) is 0 Å². The van der Waals surface area contributed by atoms with Gasteiger partial charge < -0.3 is 5.32 Å². The van der Waals surface area contributed by atoms with Crippen molar-refractivity contribution in [3.05, 3.63) is 35.1 Å².